The average molecular weight is 388 g/mol. The molecule has 0 atom stereocenters. The van der Waals surface area contributed by atoms with Crippen LogP contribution in [0.2, 0.25) is 0 Å². The lowest BCUT2D eigenvalue weighted by atomic mass is 10.0. The molecule has 0 amide bonds. The highest BCUT2D eigenvalue weighted by atomic mass is 14.6. The summed E-state index contributed by atoms with van der Waals surface area (Å²) in [6.45, 7) is 2.07. The molecular weight excluding hydrogens is 362 g/mol. The standard InChI is InChI=1S/C16H14.C13H11N/c1-2-6-12-8-5-10-15-14-9-4-3-7-13(14)11-16(12)15;14-13-7-3-6-11-10-5-2-1-4-9(10)8-12(11)13/h2-10H,11H2,1H3;1-7H,8,14H2. The molecule has 4 aromatic carbocycles. The first-order valence-corrected chi connectivity index (χ1v) is 10.5. The van der Waals surface area contributed by atoms with Gasteiger partial charge in [0.15, 0.2) is 0 Å². The summed E-state index contributed by atoms with van der Waals surface area (Å²) in [5, 5.41) is 0. The summed E-state index contributed by atoms with van der Waals surface area (Å²) in [4.78, 5) is 0. The lowest BCUT2D eigenvalue weighted by molar-refractivity contribution is 1.25. The van der Waals surface area contributed by atoms with Crippen molar-refractivity contribution in [1.82, 2.24) is 0 Å². The Morgan fingerprint density at radius 3 is 1.80 bits per heavy atom. The van der Waals surface area contributed by atoms with Crippen LogP contribution >= 0.6 is 0 Å². The number of benzene rings is 4. The van der Waals surface area contributed by atoms with Gasteiger partial charge in [-0.3, -0.25) is 0 Å². The fourth-order valence-electron chi connectivity index (χ4n) is 4.70. The Labute approximate surface area is 178 Å². The van der Waals surface area contributed by atoms with E-state index in [1.54, 1.807) is 0 Å². The highest BCUT2D eigenvalue weighted by Gasteiger charge is 2.19. The Bertz CT molecular complexity index is 1260. The highest BCUT2D eigenvalue weighted by Crippen LogP contribution is 2.39. The smallest absolute Gasteiger partial charge is 0.0356 e. The van der Waals surface area contributed by atoms with E-state index in [2.05, 4.69) is 91.9 Å². The van der Waals surface area contributed by atoms with E-state index in [4.69, 9.17) is 5.73 Å². The van der Waals surface area contributed by atoms with E-state index in [1.165, 1.54) is 50.1 Å². The second-order valence-electron chi connectivity index (χ2n) is 7.91. The van der Waals surface area contributed by atoms with Crippen LogP contribution in [0.1, 0.15) is 34.7 Å². The predicted molar refractivity (Wildman–Crippen MR) is 128 cm³/mol. The topological polar surface area (TPSA) is 26.0 Å². The van der Waals surface area contributed by atoms with Crippen LogP contribution in [-0.2, 0) is 12.8 Å². The van der Waals surface area contributed by atoms with E-state index in [0.29, 0.717) is 0 Å². The Kier molecular flexibility index (Phi) is 4.72. The van der Waals surface area contributed by atoms with Gasteiger partial charge in [0.1, 0.15) is 0 Å². The maximum atomic E-state index is 5.95. The third-order valence-corrected chi connectivity index (χ3v) is 6.12. The van der Waals surface area contributed by atoms with E-state index >= 15 is 0 Å². The van der Waals surface area contributed by atoms with E-state index in [9.17, 15) is 0 Å². The summed E-state index contributed by atoms with van der Waals surface area (Å²) >= 11 is 0. The molecule has 1 heteroatoms. The third-order valence-electron chi connectivity index (χ3n) is 6.12. The molecule has 0 saturated heterocycles. The zero-order chi connectivity index (χ0) is 20.5. The van der Waals surface area contributed by atoms with Crippen LogP contribution < -0.4 is 5.73 Å². The Balaban J connectivity index is 0.000000130. The normalized spacial score (nSPS) is 12.6. The van der Waals surface area contributed by atoms with Crippen molar-refractivity contribution in [3.05, 3.63) is 119 Å². The van der Waals surface area contributed by atoms with Gasteiger partial charge in [0.05, 0.1) is 0 Å². The van der Waals surface area contributed by atoms with Crippen molar-refractivity contribution in [2.75, 3.05) is 5.73 Å². The number of nitrogens with two attached hydrogens (primary N) is 1. The van der Waals surface area contributed by atoms with Crippen LogP contribution in [0.4, 0.5) is 5.69 Å². The summed E-state index contributed by atoms with van der Waals surface area (Å²) in [7, 11) is 0. The number of hydrogen-bond donors (Lipinski definition) is 1. The summed E-state index contributed by atoms with van der Waals surface area (Å²) in [6, 6.07) is 29.9. The Morgan fingerprint density at radius 1 is 0.600 bits per heavy atom. The zero-order valence-electron chi connectivity index (χ0n) is 17.2. The van der Waals surface area contributed by atoms with Gasteiger partial charge >= 0.3 is 0 Å². The molecule has 0 unspecified atom stereocenters. The minimum atomic E-state index is 0.915. The quantitative estimate of drug-likeness (QED) is 0.298. The Morgan fingerprint density at radius 2 is 1.13 bits per heavy atom. The van der Waals surface area contributed by atoms with Crippen molar-refractivity contribution in [3.63, 3.8) is 0 Å². The summed E-state index contributed by atoms with van der Waals surface area (Å²) in [5.74, 6) is 0. The molecule has 0 aliphatic heterocycles. The van der Waals surface area contributed by atoms with Gasteiger partial charge in [-0.25, -0.2) is 0 Å². The van der Waals surface area contributed by atoms with Crippen LogP contribution in [0.5, 0.6) is 0 Å². The van der Waals surface area contributed by atoms with Gasteiger partial charge in [0.2, 0.25) is 0 Å². The zero-order valence-corrected chi connectivity index (χ0v) is 17.2. The minimum absolute atomic E-state index is 0.915. The molecule has 2 aliphatic rings. The van der Waals surface area contributed by atoms with Crippen LogP contribution in [0.3, 0.4) is 0 Å². The van der Waals surface area contributed by atoms with Gasteiger partial charge in [0.25, 0.3) is 0 Å². The number of fused-ring (bicyclic) bond motifs is 6. The van der Waals surface area contributed by atoms with Crippen LogP contribution in [0.15, 0.2) is 91.0 Å². The van der Waals surface area contributed by atoms with E-state index in [-0.39, 0.29) is 0 Å². The lowest BCUT2D eigenvalue weighted by Gasteiger charge is -2.03. The average Bonchev–Trinajstić information content (AvgIpc) is 3.35. The van der Waals surface area contributed by atoms with E-state index in [1.807, 2.05) is 12.1 Å². The SMILES string of the molecule is CC=Cc1cccc2c1Cc1ccccc1-2.Nc1cccc2c1Cc1ccccc1-2. The number of hydrogen-bond acceptors (Lipinski definition) is 1. The molecule has 30 heavy (non-hydrogen) atoms. The maximum Gasteiger partial charge on any atom is 0.0356 e. The third kappa shape index (κ3) is 3.13. The monoisotopic (exact) mass is 387 g/mol. The predicted octanol–water partition coefficient (Wildman–Crippen LogP) is 7.13. The molecule has 0 radical (unpaired) electrons. The minimum Gasteiger partial charge on any atom is -0.398 e. The largest absolute Gasteiger partial charge is 0.398 e. The van der Waals surface area contributed by atoms with Gasteiger partial charge in [-0.05, 0) is 69.5 Å². The summed E-state index contributed by atoms with van der Waals surface area (Å²) in [5.41, 5.74) is 19.3. The Hall–Kier alpha value is -3.58. The van der Waals surface area contributed by atoms with Crippen LogP contribution in [0, 0.1) is 0 Å². The van der Waals surface area contributed by atoms with Gasteiger partial charge in [-0.1, -0.05) is 91.0 Å². The molecule has 0 spiro atoms. The summed E-state index contributed by atoms with van der Waals surface area (Å²) < 4.78 is 0. The first-order chi connectivity index (χ1) is 14.8. The van der Waals surface area contributed by atoms with Crippen LogP contribution in [0.25, 0.3) is 28.3 Å². The van der Waals surface area contributed by atoms with Gasteiger partial charge in [-0.15, -0.1) is 0 Å². The van der Waals surface area contributed by atoms with Gasteiger partial charge in [0, 0.05) is 12.1 Å². The van der Waals surface area contributed by atoms with Gasteiger partial charge < -0.3 is 5.73 Å². The van der Waals surface area contributed by atoms with Crippen molar-refractivity contribution in [2.24, 2.45) is 0 Å². The van der Waals surface area contributed by atoms with Crippen molar-refractivity contribution in [3.8, 4) is 22.3 Å². The van der Waals surface area contributed by atoms with Crippen molar-refractivity contribution >= 4 is 11.8 Å². The van der Waals surface area contributed by atoms with Crippen LogP contribution in [-0.4, -0.2) is 0 Å². The molecular formula is C29H25N. The molecule has 0 bridgehead atoms. The molecule has 0 fully saturated rings. The number of allylic oxidation sites excluding steroid dienone is 1. The van der Waals surface area contributed by atoms with E-state index in [0.717, 1.165) is 18.5 Å². The first-order valence-electron chi connectivity index (χ1n) is 10.5. The highest BCUT2D eigenvalue weighted by molar-refractivity contribution is 5.81. The van der Waals surface area contributed by atoms with Gasteiger partial charge in [-0.2, -0.15) is 0 Å². The van der Waals surface area contributed by atoms with Crippen molar-refractivity contribution in [1.29, 1.82) is 0 Å². The molecule has 0 aromatic heterocycles. The number of anilines is 1. The molecule has 2 aliphatic carbocycles. The second-order valence-corrected chi connectivity index (χ2v) is 7.91. The molecule has 1 nitrogen and oxygen atoms in total. The fourth-order valence-corrected chi connectivity index (χ4v) is 4.70. The molecule has 0 heterocycles. The number of rotatable bonds is 1. The fraction of sp³-hybridized carbons (Fsp3) is 0.103. The van der Waals surface area contributed by atoms with E-state index < -0.39 is 0 Å². The molecule has 6 rings (SSSR count). The molecule has 4 aromatic rings. The second kappa shape index (κ2) is 7.68. The molecule has 2 N–H and O–H groups in total. The van der Waals surface area contributed by atoms with Crippen molar-refractivity contribution < 1.29 is 0 Å². The maximum absolute atomic E-state index is 5.95. The molecule has 0 saturated carbocycles. The first kappa shape index (κ1) is 18.4. The lowest BCUT2D eigenvalue weighted by Crippen LogP contribution is -1.91. The number of nitrogen functional groups attached to an aromatic ring is 1. The molecule has 146 valence electrons. The van der Waals surface area contributed by atoms with Crippen molar-refractivity contribution in [2.45, 2.75) is 19.8 Å². The summed E-state index contributed by atoms with van der Waals surface area (Å²) in [6.07, 6.45) is 6.37.